The second kappa shape index (κ2) is 2.61. The van der Waals surface area contributed by atoms with Gasteiger partial charge in [-0.25, -0.2) is 0 Å². The van der Waals surface area contributed by atoms with E-state index in [-0.39, 0.29) is 0 Å². The Labute approximate surface area is 90.3 Å². The van der Waals surface area contributed by atoms with Crippen LogP contribution in [0, 0.1) is 0 Å². The van der Waals surface area contributed by atoms with Crippen LogP contribution in [0.4, 0.5) is 0 Å². The van der Waals surface area contributed by atoms with Gasteiger partial charge in [0.2, 0.25) is 0 Å². The van der Waals surface area contributed by atoms with Crippen LogP contribution in [0.3, 0.4) is 0 Å². The van der Waals surface area contributed by atoms with Crippen LogP contribution in [0.2, 0.25) is 0 Å². The summed E-state index contributed by atoms with van der Waals surface area (Å²) in [5, 5.41) is 2.30. The monoisotopic (exact) mass is 208 g/mol. The first-order valence-electron chi connectivity index (χ1n) is 5.11. The van der Waals surface area contributed by atoms with Gasteiger partial charge in [-0.3, -0.25) is 9.97 Å². The van der Waals surface area contributed by atoms with Gasteiger partial charge >= 0.3 is 0 Å². The van der Waals surface area contributed by atoms with Crippen LogP contribution in [-0.4, -0.2) is 19.9 Å². The molecule has 2 N–H and O–H groups in total. The Morgan fingerprint density at radius 2 is 2.06 bits per heavy atom. The molecule has 0 bridgehead atoms. The number of hydrogen-bond donors (Lipinski definition) is 2. The molecular weight excluding hydrogens is 200 g/mol. The highest BCUT2D eigenvalue weighted by atomic mass is 14.8. The molecule has 16 heavy (non-hydrogen) atoms. The zero-order valence-corrected chi connectivity index (χ0v) is 8.36. The number of hydrogen-bond acceptors (Lipinski definition) is 2. The molecule has 0 unspecified atom stereocenters. The fourth-order valence-electron chi connectivity index (χ4n) is 2.22. The Bertz CT molecular complexity index is 809. The molecular formula is C12H8N4. The highest BCUT2D eigenvalue weighted by Crippen LogP contribution is 2.29. The fraction of sp³-hybridized carbons (Fsp3) is 0. The summed E-state index contributed by atoms with van der Waals surface area (Å²) >= 11 is 0. The Morgan fingerprint density at radius 1 is 1.06 bits per heavy atom. The van der Waals surface area contributed by atoms with Crippen molar-refractivity contribution in [2.45, 2.75) is 0 Å². The molecule has 4 heteroatoms. The van der Waals surface area contributed by atoms with Gasteiger partial charge in [-0.15, -0.1) is 0 Å². The molecule has 4 nitrogen and oxygen atoms in total. The Hall–Kier alpha value is -2.36. The zero-order valence-electron chi connectivity index (χ0n) is 8.36. The lowest BCUT2D eigenvalue weighted by molar-refractivity contribution is 1.36. The number of pyridine rings is 2. The summed E-state index contributed by atoms with van der Waals surface area (Å²) in [6.07, 6.45) is 7.45. The van der Waals surface area contributed by atoms with Crippen LogP contribution in [0.1, 0.15) is 0 Å². The SMILES string of the molecule is c1cc2[nH]c3cnc4cc[nH]c4c3c2cn1. The normalized spacial score (nSPS) is 11.8. The van der Waals surface area contributed by atoms with Crippen molar-refractivity contribution in [1.29, 1.82) is 0 Å². The van der Waals surface area contributed by atoms with Crippen LogP contribution in [0.15, 0.2) is 36.9 Å². The molecule has 76 valence electrons. The van der Waals surface area contributed by atoms with Crippen molar-refractivity contribution >= 4 is 32.8 Å². The first kappa shape index (κ1) is 7.87. The third-order valence-corrected chi connectivity index (χ3v) is 2.94. The molecule has 0 saturated carbocycles. The lowest BCUT2D eigenvalue weighted by Crippen LogP contribution is -1.76. The Kier molecular flexibility index (Phi) is 1.28. The smallest absolute Gasteiger partial charge is 0.0886 e. The summed E-state index contributed by atoms with van der Waals surface area (Å²) in [6.45, 7) is 0. The highest BCUT2D eigenvalue weighted by Gasteiger charge is 2.08. The summed E-state index contributed by atoms with van der Waals surface area (Å²) in [4.78, 5) is 15.1. The molecule has 0 atom stereocenters. The molecule has 0 fully saturated rings. The van der Waals surface area contributed by atoms with Gasteiger partial charge in [0, 0.05) is 34.9 Å². The van der Waals surface area contributed by atoms with Gasteiger partial charge in [-0.2, -0.15) is 0 Å². The van der Waals surface area contributed by atoms with E-state index in [0.29, 0.717) is 0 Å². The zero-order chi connectivity index (χ0) is 10.5. The van der Waals surface area contributed by atoms with Crippen LogP contribution >= 0.6 is 0 Å². The van der Waals surface area contributed by atoms with Crippen molar-refractivity contribution in [1.82, 2.24) is 19.9 Å². The summed E-state index contributed by atoms with van der Waals surface area (Å²) in [5.41, 5.74) is 4.18. The maximum absolute atomic E-state index is 4.38. The summed E-state index contributed by atoms with van der Waals surface area (Å²) < 4.78 is 0. The van der Waals surface area contributed by atoms with Crippen molar-refractivity contribution in [2.75, 3.05) is 0 Å². The van der Waals surface area contributed by atoms with Gasteiger partial charge in [-0.1, -0.05) is 0 Å². The topological polar surface area (TPSA) is 57.4 Å². The molecule has 0 aliphatic rings. The molecule has 0 aliphatic carbocycles. The lowest BCUT2D eigenvalue weighted by Gasteiger charge is -1.92. The molecule has 4 heterocycles. The van der Waals surface area contributed by atoms with E-state index in [9.17, 15) is 0 Å². The number of nitrogens with zero attached hydrogens (tertiary/aromatic N) is 2. The van der Waals surface area contributed by atoms with Crippen molar-refractivity contribution in [2.24, 2.45) is 0 Å². The van der Waals surface area contributed by atoms with Gasteiger partial charge in [0.15, 0.2) is 0 Å². The van der Waals surface area contributed by atoms with Gasteiger partial charge in [0.1, 0.15) is 0 Å². The average Bonchev–Trinajstić information content (AvgIpc) is 2.91. The second-order valence-corrected chi connectivity index (χ2v) is 3.83. The van der Waals surface area contributed by atoms with Crippen molar-refractivity contribution < 1.29 is 0 Å². The maximum atomic E-state index is 4.38. The molecule has 0 amide bonds. The number of fused-ring (bicyclic) bond motifs is 5. The first-order chi connectivity index (χ1) is 7.93. The van der Waals surface area contributed by atoms with Gasteiger partial charge < -0.3 is 9.97 Å². The number of rotatable bonds is 0. The molecule has 0 spiro atoms. The summed E-state index contributed by atoms with van der Waals surface area (Å²) in [6, 6.07) is 3.95. The summed E-state index contributed by atoms with van der Waals surface area (Å²) in [5.74, 6) is 0. The van der Waals surface area contributed by atoms with Gasteiger partial charge in [0.25, 0.3) is 0 Å². The van der Waals surface area contributed by atoms with E-state index in [1.54, 1.807) is 6.20 Å². The number of aromatic amines is 2. The minimum absolute atomic E-state index is 0.984. The standard InChI is InChI=1S/C12H8N4/c1-3-13-5-7-8(1)16-10-6-15-9-2-4-14-12(9)11(7)10/h1-6,14,16H. The largest absolute Gasteiger partial charge is 0.359 e. The second-order valence-electron chi connectivity index (χ2n) is 3.83. The molecule has 0 aromatic carbocycles. The molecule has 0 radical (unpaired) electrons. The van der Waals surface area contributed by atoms with Crippen LogP contribution < -0.4 is 0 Å². The summed E-state index contributed by atoms with van der Waals surface area (Å²) in [7, 11) is 0. The minimum Gasteiger partial charge on any atom is -0.359 e. The van der Waals surface area contributed by atoms with Gasteiger partial charge in [-0.05, 0) is 12.1 Å². The van der Waals surface area contributed by atoms with Gasteiger partial charge in [0.05, 0.1) is 22.7 Å². The van der Waals surface area contributed by atoms with E-state index >= 15 is 0 Å². The third-order valence-electron chi connectivity index (χ3n) is 2.94. The molecule has 0 aliphatic heterocycles. The van der Waals surface area contributed by atoms with Crippen LogP contribution in [0.25, 0.3) is 32.8 Å². The van der Waals surface area contributed by atoms with E-state index in [1.807, 2.05) is 30.7 Å². The number of aromatic nitrogens is 4. The fourth-order valence-corrected chi connectivity index (χ4v) is 2.22. The number of H-pyrrole nitrogens is 2. The van der Waals surface area contributed by atoms with Crippen LogP contribution in [0.5, 0.6) is 0 Å². The van der Waals surface area contributed by atoms with Crippen LogP contribution in [-0.2, 0) is 0 Å². The molecule has 4 rings (SSSR count). The molecule has 4 aromatic heterocycles. The maximum Gasteiger partial charge on any atom is 0.0886 e. The molecule has 0 saturated heterocycles. The minimum atomic E-state index is 0.984. The van der Waals surface area contributed by atoms with E-state index in [0.717, 1.165) is 32.8 Å². The first-order valence-corrected chi connectivity index (χ1v) is 5.11. The lowest BCUT2D eigenvalue weighted by atomic mass is 10.2. The predicted molar refractivity (Wildman–Crippen MR) is 63.3 cm³/mol. The van der Waals surface area contributed by atoms with Crippen molar-refractivity contribution in [3.05, 3.63) is 36.9 Å². The number of nitrogens with one attached hydrogen (secondary N) is 2. The quantitative estimate of drug-likeness (QED) is 0.466. The van der Waals surface area contributed by atoms with E-state index in [1.165, 1.54) is 0 Å². The van der Waals surface area contributed by atoms with Crippen molar-refractivity contribution in [3.8, 4) is 0 Å². The van der Waals surface area contributed by atoms with E-state index < -0.39 is 0 Å². The molecule has 4 aromatic rings. The Morgan fingerprint density at radius 3 is 3.06 bits per heavy atom. The highest BCUT2D eigenvalue weighted by molar-refractivity contribution is 6.17. The Balaban J connectivity index is 2.42. The van der Waals surface area contributed by atoms with Crippen molar-refractivity contribution in [3.63, 3.8) is 0 Å². The van der Waals surface area contributed by atoms with E-state index in [4.69, 9.17) is 0 Å². The van der Waals surface area contributed by atoms with E-state index in [2.05, 4.69) is 19.9 Å². The third kappa shape index (κ3) is 0.839. The predicted octanol–water partition coefficient (Wildman–Crippen LogP) is 2.59. The average molecular weight is 208 g/mol.